The van der Waals surface area contributed by atoms with E-state index < -0.39 is 11.9 Å². The van der Waals surface area contributed by atoms with E-state index >= 15 is 0 Å². The van der Waals surface area contributed by atoms with Crippen molar-refractivity contribution in [1.82, 2.24) is 0 Å². The fourth-order valence-electron chi connectivity index (χ4n) is 3.02. The van der Waals surface area contributed by atoms with Gasteiger partial charge >= 0.3 is 5.97 Å². The first kappa shape index (κ1) is 19.9. The molecule has 7 nitrogen and oxygen atoms in total. The highest BCUT2D eigenvalue weighted by atomic mass is 32.1. The zero-order valence-corrected chi connectivity index (χ0v) is 16.4. The average molecular weight is 402 g/mol. The quantitative estimate of drug-likeness (QED) is 0.420. The Morgan fingerprint density at radius 2 is 2.07 bits per heavy atom. The van der Waals surface area contributed by atoms with Gasteiger partial charge in [0, 0.05) is 10.4 Å². The molecule has 0 fully saturated rings. The van der Waals surface area contributed by atoms with E-state index in [9.17, 15) is 14.7 Å². The summed E-state index contributed by atoms with van der Waals surface area (Å²) >= 11 is 1.42. The molecule has 0 saturated carbocycles. The molecule has 2 N–H and O–H groups in total. The van der Waals surface area contributed by atoms with Gasteiger partial charge in [-0.05, 0) is 50.3 Å². The van der Waals surface area contributed by atoms with Gasteiger partial charge in [-0.1, -0.05) is 17.3 Å². The molecule has 0 bridgehead atoms. The molecule has 148 valence electrons. The van der Waals surface area contributed by atoms with Gasteiger partial charge in [0.05, 0.1) is 18.4 Å². The number of benzene rings is 1. The minimum atomic E-state index is -0.418. The molecule has 0 atom stereocenters. The number of carbonyl (C=O) groups is 2. The number of hydrogen-bond donors (Lipinski definition) is 2. The second-order valence-electron chi connectivity index (χ2n) is 6.25. The Balaban J connectivity index is 1.64. The fraction of sp³-hybridized carbons (Fsp3) is 0.350. The molecule has 1 aliphatic rings. The van der Waals surface area contributed by atoms with Gasteiger partial charge in [0.1, 0.15) is 10.8 Å². The predicted molar refractivity (Wildman–Crippen MR) is 107 cm³/mol. The number of phenols is 1. The molecule has 3 rings (SSSR count). The van der Waals surface area contributed by atoms with E-state index in [-0.39, 0.29) is 19.0 Å². The van der Waals surface area contributed by atoms with Crippen molar-refractivity contribution in [2.24, 2.45) is 5.16 Å². The number of hydrogen-bond acceptors (Lipinski definition) is 7. The number of oxime groups is 1. The molecule has 28 heavy (non-hydrogen) atoms. The normalized spacial score (nSPS) is 13.2. The van der Waals surface area contributed by atoms with Gasteiger partial charge in [0.2, 0.25) is 0 Å². The number of ether oxygens (including phenoxy) is 1. The number of esters is 1. The molecule has 8 heteroatoms. The Kier molecular flexibility index (Phi) is 6.65. The first-order valence-electron chi connectivity index (χ1n) is 9.15. The van der Waals surface area contributed by atoms with Gasteiger partial charge < -0.3 is 20.0 Å². The monoisotopic (exact) mass is 402 g/mol. The maximum absolute atomic E-state index is 12.4. The first-order valence-corrected chi connectivity index (χ1v) is 9.96. The van der Waals surface area contributed by atoms with Gasteiger partial charge in [0.15, 0.2) is 6.61 Å². The molecular formula is C20H22N2O5S. The molecule has 0 spiro atoms. The molecular weight excluding hydrogens is 380 g/mol. The Morgan fingerprint density at radius 1 is 1.29 bits per heavy atom. The highest BCUT2D eigenvalue weighted by Crippen LogP contribution is 2.38. The molecule has 0 unspecified atom stereocenters. The van der Waals surface area contributed by atoms with E-state index in [4.69, 9.17) is 9.57 Å². The number of nitrogens with zero attached hydrogens (tertiary/aromatic N) is 1. The molecule has 0 aliphatic heterocycles. The maximum Gasteiger partial charge on any atom is 0.341 e. The van der Waals surface area contributed by atoms with E-state index in [0.717, 1.165) is 36.1 Å². The lowest BCUT2D eigenvalue weighted by atomic mass is 9.95. The van der Waals surface area contributed by atoms with Crippen LogP contribution in [0.4, 0.5) is 5.00 Å². The minimum absolute atomic E-state index is 0.0718. The number of aryl methyl sites for hydroxylation is 1. The van der Waals surface area contributed by atoms with Crippen molar-refractivity contribution in [1.29, 1.82) is 0 Å². The molecule has 1 heterocycles. The van der Waals surface area contributed by atoms with Gasteiger partial charge in [0.25, 0.3) is 5.91 Å². The van der Waals surface area contributed by atoms with Crippen molar-refractivity contribution in [3.63, 3.8) is 0 Å². The van der Waals surface area contributed by atoms with Crippen LogP contribution in [0.1, 0.15) is 46.1 Å². The maximum atomic E-state index is 12.4. The van der Waals surface area contributed by atoms with Crippen LogP contribution in [-0.4, -0.2) is 36.4 Å². The van der Waals surface area contributed by atoms with Crippen LogP contribution in [0.25, 0.3) is 0 Å². The zero-order valence-electron chi connectivity index (χ0n) is 15.6. The van der Waals surface area contributed by atoms with Crippen LogP contribution in [0.15, 0.2) is 29.4 Å². The van der Waals surface area contributed by atoms with Gasteiger partial charge in [-0.15, -0.1) is 11.3 Å². The Hall–Kier alpha value is -2.87. The van der Waals surface area contributed by atoms with Gasteiger partial charge in [-0.2, -0.15) is 0 Å². The second kappa shape index (κ2) is 9.36. The summed E-state index contributed by atoms with van der Waals surface area (Å²) in [5.74, 6) is -0.753. The molecule has 1 aromatic carbocycles. The molecule has 1 aromatic heterocycles. The van der Waals surface area contributed by atoms with Crippen LogP contribution in [-0.2, 0) is 27.2 Å². The summed E-state index contributed by atoms with van der Waals surface area (Å²) in [6.45, 7) is 1.72. The largest absolute Gasteiger partial charge is 0.507 e. The van der Waals surface area contributed by atoms with Gasteiger partial charge in [-0.3, -0.25) is 4.79 Å². The van der Waals surface area contributed by atoms with Crippen LogP contribution in [0.5, 0.6) is 5.75 Å². The third-order valence-electron chi connectivity index (χ3n) is 4.30. The minimum Gasteiger partial charge on any atom is -0.507 e. The summed E-state index contributed by atoms with van der Waals surface area (Å²) in [6, 6.07) is 6.65. The number of anilines is 1. The number of nitrogens with one attached hydrogen (secondary N) is 1. The van der Waals surface area contributed by atoms with E-state index in [2.05, 4.69) is 10.5 Å². The Labute approximate surface area is 167 Å². The number of thiophene rings is 1. The molecule has 0 saturated heterocycles. The van der Waals surface area contributed by atoms with Crippen LogP contribution < -0.4 is 5.32 Å². The van der Waals surface area contributed by atoms with Crippen molar-refractivity contribution in [3.05, 3.63) is 45.8 Å². The third kappa shape index (κ3) is 4.69. The van der Waals surface area contributed by atoms with Crippen molar-refractivity contribution in [2.75, 3.05) is 18.5 Å². The van der Waals surface area contributed by atoms with Crippen LogP contribution in [0.3, 0.4) is 0 Å². The number of amides is 1. The number of rotatable bonds is 7. The smallest absolute Gasteiger partial charge is 0.341 e. The van der Waals surface area contributed by atoms with Crippen LogP contribution in [0.2, 0.25) is 0 Å². The summed E-state index contributed by atoms with van der Waals surface area (Å²) in [5.41, 5.74) is 1.94. The molecule has 1 amide bonds. The summed E-state index contributed by atoms with van der Waals surface area (Å²) in [6.07, 6.45) is 5.15. The summed E-state index contributed by atoms with van der Waals surface area (Å²) in [7, 11) is 0. The zero-order chi connectivity index (χ0) is 19.9. The highest BCUT2D eigenvalue weighted by Gasteiger charge is 2.27. The SMILES string of the molecule is CCOC(=O)c1c(NC(=O)CO/N=C\c2ccccc2O)sc2c1CCCC2. The van der Waals surface area contributed by atoms with E-state index in [1.807, 2.05) is 0 Å². The van der Waals surface area contributed by atoms with Crippen molar-refractivity contribution in [2.45, 2.75) is 32.6 Å². The predicted octanol–water partition coefficient (Wildman–Crippen LogP) is 3.50. The van der Waals surface area contributed by atoms with E-state index in [1.165, 1.54) is 23.6 Å². The number of fused-ring (bicyclic) bond motifs is 1. The summed E-state index contributed by atoms with van der Waals surface area (Å²) in [4.78, 5) is 30.8. The second-order valence-corrected chi connectivity index (χ2v) is 7.36. The Morgan fingerprint density at radius 3 is 2.86 bits per heavy atom. The lowest BCUT2D eigenvalue weighted by Gasteiger charge is -2.12. The van der Waals surface area contributed by atoms with E-state index in [1.54, 1.807) is 25.1 Å². The topological polar surface area (TPSA) is 97.2 Å². The standard InChI is InChI=1S/C20H22N2O5S/c1-2-26-20(25)18-14-8-4-6-10-16(14)28-19(18)22-17(24)12-27-21-11-13-7-3-5-9-15(13)23/h3,5,7,9,11,23H,2,4,6,8,10,12H2,1H3,(H,22,24)/b21-11-. The first-order chi connectivity index (χ1) is 13.6. The van der Waals surface area contributed by atoms with Crippen molar-refractivity contribution < 1.29 is 24.3 Å². The number of para-hydroxylation sites is 1. The van der Waals surface area contributed by atoms with Crippen LogP contribution in [0, 0.1) is 0 Å². The highest BCUT2D eigenvalue weighted by molar-refractivity contribution is 7.17. The Bertz CT molecular complexity index is 891. The fourth-order valence-corrected chi connectivity index (χ4v) is 4.32. The number of phenolic OH excluding ortho intramolecular Hbond substituents is 1. The lowest BCUT2D eigenvalue weighted by Crippen LogP contribution is -2.19. The molecule has 1 aliphatic carbocycles. The number of carbonyl (C=O) groups excluding carboxylic acids is 2. The summed E-state index contributed by atoms with van der Waals surface area (Å²) < 4.78 is 5.17. The van der Waals surface area contributed by atoms with E-state index in [0.29, 0.717) is 16.1 Å². The van der Waals surface area contributed by atoms with Crippen molar-refractivity contribution >= 4 is 34.4 Å². The number of aromatic hydroxyl groups is 1. The molecule has 2 aromatic rings. The van der Waals surface area contributed by atoms with Crippen LogP contribution >= 0.6 is 11.3 Å². The molecule has 0 radical (unpaired) electrons. The third-order valence-corrected chi connectivity index (χ3v) is 5.51. The lowest BCUT2D eigenvalue weighted by molar-refractivity contribution is -0.120. The average Bonchev–Trinajstić information content (AvgIpc) is 3.04. The van der Waals surface area contributed by atoms with Gasteiger partial charge in [-0.25, -0.2) is 4.79 Å². The summed E-state index contributed by atoms with van der Waals surface area (Å²) in [5, 5.41) is 16.6. The van der Waals surface area contributed by atoms with Crippen molar-refractivity contribution in [3.8, 4) is 5.75 Å².